The molecule has 23 heavy (non-hydrogen) atoms. The molecule has 0 spiro atoms. The normalized spacial score (nSPS) is 25.6. The fourth-order valence-electron chi connectivity index (χ4n) is 3.75. The van der Waals surface area contributed by atoms with Gasteiger partial charge in [-0.15, -0.1) is 0 Å². The summed E-state index contributed by atoms with van der Waals surface area (Å²) >= 11 is 0. The maximum Gasteiger partial charge on any atom is 0.245 e. The predicted octanol–water partition coefficient (Wildman–Crippen LogP) is 3.02. The average Bonchev–Trinajstić information content (AvgIpc) is 2.86. The van der Waals surface area contributed by atoms with Gasteiger partial charge in [0, 0.05) is 19.0 Å². The molecule has 2 amide bonds. The summed E-state index contributed by atoms with van der Waals surface area (Å²) in [6.45, 7) is 2.42. The molecule has 1 saturated heterocycles. The second-order valence-corrected chi connectivity index (χ2v) is 7.05. The zero-order valence-corrected chi connectivity index (χ0v) is 13.9. The smallest absolute Gasteiger partial charge is 0.245 e. The first kappa shape index (κ1) is 16.0. The standard InChI is InChI=1S/C19H26N2O2/c1-19(18(23)20-16-10-6-3-7-11-16)13-12-17(22)21(19)14-15-8-4-2-5-9-15/h2,4-5,8-9,16H,3,6-7,10-14H2,1H3,(H,20,23). The monoisotopic (exact) mass is 314 g/mol. The summed E-state index contributed by atoms with van der Waals surface area (Å²) in [6, 6.07) is 10.2. The van der Waals surface area contributed by atoms with Crippen molar-refractivity contribution in [3.05, 3.63) is 35.9 Å². The molecule has 0 aromatic heterocycles. The minimum Gasteiger partial charge on any atom is -0.351 e. The highest BCUT2D eigenvalue weighted by molar-refractivity contribution is 5.94. The molecule has 1 aromatic rings. The largest absolute Gasteiger partial charge is 0.351 e. The van der Waals surface area contributed by atoms with Crippen LogP contribution >= 0.6 is 0 Å². The van der Waals surface area contributed by atoms with Crippen LogP contribution < -0.4 is 5.32 Å². The first-order valence-electron chi connectivity index (χ1n) is 8.75. The Hall–Kier alpha value is -1.84. The molecule has 0 bridgehead atoms. The average molecular weight is 314 g/mol. The van der Waals surface area contributed by atoms with E-state index in [0.29, 0.717) is 19.4 Å². The number of hydrogen-bond donors (Lipinski definition) is 1. The summed E-state index contributed by atoms with van der Waals surface area (Å²) in [5.74, 6) is 0.0985. The maximum absolute atomic E-state index is 12.9. The molecule has 1 N–H and O–H groups in total. The van der Waals surface area contributed by atoms with Crippen LogP contribution in [0.4, 0.5) is 0 Å². The molecule has 1 aliphatic carbocycles. The predicted molar refractivity (Wildman–Crippen MR) is 89.6 cm³/mol. The van der Waals surface area contributed by atoms with Gasteiger partial charge in [0.15, 0.2) is 0 Å². The van der Waals surface area contributed by atoms with Crippen molar-refractivity contribution in [3.63, 3.8) is 0 Å². The lowest BCUT2D eigenvalue weighted by Gasteiger charge is -2.36. The number of nitrogens with one attached hydrogen (secondary N) is 1. The molecule has 0 radical (unpaired) electrons. The van der Waals surface area contributed by atoms with E-state index in [9.17, 15) is 9.59 Å². The lowest BCUT2D eigenvalue weighted by molar-refractivity contribution is -0.141. The quantitative estimate of drug-likeness (QED) is 0.928. The van der Waals surface area contributed by atoms with Crippen molar-refractivity contribution in [2.24, 2.45) is 0 Å². The highest BCUT2D eigenvalue weighted by atomic mass is 16.2. The first-order valence-corrected chi connectivity index (χ1v) is 8.75. The van der Waals surface area contributed by atoms with Crippen molar-refractivity contribution < 1.29 is 9.59 Å². The topological polar surface area (TPSA) is 49.4 Å². The van der Waals surface area contributed by atoms with Crippen LogP contribution in [0.3, 0.4) is 0 Å². The summed E-state index contributed by atoms with van der Waals surface area (Å²) in [5.41, 5.74) is 0.351. The van der Waals surface area contributed by atoms with Gasteiger partial charge in [-0.1, -0.05) is 49.6 Å². The number of likely N-dealkylation sites (tertiary alicyclic amines) is 1. The van der Waals surface area contributed by atoms with Crippen LogP contribution in [-0.4, -0.2) is 28.3 Å². The summed E-state index contributed by atoms with van der Waals surface area (Å²) in [5, 5.41) is 3.20. The summed E-state index contributed by atoms with van der Waals surface area (Å²) in [6.07, 6.45) is 6.84. The second-order valence-electron chi connectivity index (χ2n) is 7.05. The van der Waals surface area contributed by atoms with Gasteiger partial charge in [-0.3, -0.25) is 9.59 Å². The number of carbonyl (C=O) groups excluding carboxylic acids is 2. The van der Waals surface area contributed by atoms with E-state index >= 15 is 0 Å². The van der Waals surface area contributed by atoms with Crippen LogP contribution in [0, 0.1) is 0 Å². The van der Waals surface area contributed by atoms with Gasteiger partial charge >= 0.3 is 0 Å². The van der Waals surface area contributed by atoms with E-state index in [2.05, 4.69) is 5.32 Å². The van der Waals surface area contributed by atoms with Crippen molar-refractivity contribution >= 4 is 11.8 Å². The molecule has 3 rings (SSSR count). The fraction of sp³-hybridized carbons (Fsp3) is 0.579. The Morgan fingerprint density at radius 1 is 1.22 bits per heavy atom. The van der Waals surface area contributed by atoms with Crippen LogP contribution in [0.5, 0.6) is 0 Å². The van der Waals surface area contributed by atoms with E-state index in [1.807, 2.05) is 37.3 Å². The van der Waals surface area contributed by atoms with E-state index < -0.39 is 5.54 Å². The van der Waals surface area contributed by atoms with Crippen LogP contribution in [0.25, 0.3) is 0 Å². The first-order chi connectivity index (χ1) is 11.1. The molecule has 1 atom stereocenters. The SMILES string of the molecule is CC1(C(=O)NC2CCCCC2)CCC(=O)N1Cc1ccccc1. The third-order valence-corrected chi connectivity index (χ3v) is 5.34. The number of hydrogen-bond acceptors (Lipinski definition) is 2. The second kappa shape index (κ2) is 6.73. The zero-order valence-electron chi connectivity index (χ0n) is 13.9. The molecule has 4 nitrogen and oxygen atoms in total. The molecule has 1 unspecified atom stereocenters. The van der Waals surface area contributed by atoms with Gasteiger partial charge in [-0.25, -0.2) is 0 Å². The Morgan fingerprint density at radius 3 is 2.61 bits per heavy atom. The lowest BCUT2D eigenvalue weighted by atomic mass is 9.92. The van der Waals surface area contributed by atoms with Crippen LogP contribution in [0.15, 0.2) is 30.3 Å². The van der Waals surface area contributed by atoms with Crippen molar-refractivity contribution in [2.45, 2.75) is 70.0 Å². The molecular formula is C19H26N2O2. The van der Waals surface area contributed by atoms with Crippen LogP contribution in [-0.2, 0) is 16.1 Å². The Labute approximate surface area is 138 Å². The Balaban J connectivity index is 1.72. The van der Waals surface area contributed by atoms with E-state index in [0.717, 1.165) is 18.4 Å². The van der Waals surface area contributed by atoms with E-state index in [1.165, 1.54) is 19.3 Å². The summed E-state index contributed by atoms with van der Waals surface area (Å²) in [7, 11) is 0. The van der Waals surface area contributed by atoms with E-state index in [1.54, 1.807) is 4.90 Å². The van der Waals surface area contributed by atoms with Crippen molar-refractivity contribution in [1.82, 2.24) is 10.2 Å². The number of carbonyl (C=O) groups is 2. The van der Waals surface area contributed by atoms with Crippen LogP contribution in [0.1, 0.15) is 57.4 Å². The van der Waals surface area contributed by atoms with Gasteiger partial charge in [0.2, 0.25) is 11.8 Å². The maximum atomic E-state index is 12.9. The molecule has 2 aliphatic rings. The molecule has 1 aromatic carbocycles. The zero-order chi connectivity index (χ0) is 16.3. The minimum absolute atomic E-state index is 0.0196. The fourth-order valence-corrected chi connectivity index (χ4v) is 3.75. The lowest BCUT2D eigenvalue weighted by Crippen LogP contribution is -2.56. The van der Waals surface area contributed by atoms with Gasteiger partial charge in [0.05, 0.1) is 0 Å². The number of rotatable bonds is 4. The molecule has 4 heteroatoms. The highest BCUT2D eigenvalue weighted by Crippen LogP contribution is 2.32. The van der Waals surface area contributed by atoms with Gasteiger partial charge in [0.25, 0.3) is 0 Å². The summed E-state index contributed by atoms with van der Waals surface area (Å²) < 4.78 is 0. The van der Waals surface area contributed by atoms with Gasteiger partial charge in [-0.05, 0) is 31.7 Å². The number of benzene rings is 1. The molecule has 2 fully saturated rings. The van der Waals surface area contributed by atoms with Crippen molar-refractivity contribution in [2.75, 3.05) is 0 Å². The third-order valence-electron chi connectivity index (χ3n) is 5.34. The van der Waals surface area contributed by atoms with Gasteiger partial charge < -0.3 is 10.2 Å². The van der Waals surface area contributed by atoms with Gasteiger partial charge in [-0.2, -0.15) is 0 Å². The van der Waals surface area contributed by atoms with E-state index in [4.69, 9.17) is 0 Å². The van der Waals surface area contributed by atoms with Crippen molar-refractivity contribution in [3.8, 4) is 0 Å². The van der Waals surface area contributed by atoms with Gasteiger partial charge in [0.1, 0.15) is 5.54 Å². The van der Waals surface area contributed by atoms with Crippen LogP contribution in [0.2, 0.25) is 0 Å². The number of nitrogens with zero attached hydrogens (tertiary/aromatic N) is 1. The third kappa shape index (κ3) is 3.41. The van der Waals surface area contributed by atoms with Crippen molar-refractivity contribution in [1.29, 1.82) is 0 Å². The molecule has 1 saturated carbocycles. The highest BCUT2D eigenvalue weighted by Gasteiger charge is 2.47. The Morgan fingerprint density at radius 2 is 1.91 bits per heavy atom. The molecule has 1 heterocycles. The minimum atomic E-state index is -0.718. The Bertz CT molecular complexity index is 566. The van der Waals surface area contributed by atoms with E-state index in [-0.39, 0.29) is 17.9 Å². The Kier molecular flexibility index (Phi) is 4.69. The molecule has 124 valence electrons. The summed E-state index contributed by atoms with van der Waals surface area (Å²) in [4.78, 5) is 27.0. The molecule has 1 aliphatic heterocycles. The number of amides is 2. The molecular weight excluding hydrogens is 288 g/mol.